The average Bonchev–Trinajstić information content (AvgIpc) is 2.49. The van der Waals surface area contributed by atoms with Crippen molar-refractivity contribution < 1.29 is 9.50 Å². The molecule has 104 valence electrons. The van der Waals surface area contributed by atoms with Gasteiger partial charge in [0.05, 0.1) is 0 Å². The molecule has 0 atom stereocenters. The summed E-state index contributed by atoms with van der Waals surface area (Å²) in [5.74, 6) is -0.0887. The van der Waals surface area contributed by atoms with Crippen LogP contribution in [0.15, 0.2) is 66.7 Å². The molecule has 2 heteroatoms. The monoisotopic (exact) mass is 278 g/mol. The first-order chi connectivity index (χ1) is 10.1. The van der Waals surface area contributed by atoms with Crippen LogP contribution in [0.4, 0.5) is 4.39 Å². The first kappa shape index (κ1) is 13.4. The van der Waals surface area contributed by atoms with Crippen molar-refractivity contribution in [3.05, 3.63) is 78.1 Å². The lowest BCUT2D eigenvalue weighted by Gasteiger charge is -2.07. The van der Waals surface area contributed by atoms with E-state index in [9.17, 15) is 9.50 Å². The van der Waals surface area contributed by atoms with Gasteiger partial charge in [0.2, 0.25) is 0 Å². The largest absolute Gasteiger partial charge is 0.508 e. The highest BCUT2D eigenvalue weighted by Crippen LogP contribution is 2.29. The summed E-state index contributed by atoms with van der Waals surface area (Å²) >= 11 is 0. The summed E-state index contributed by atoms with van der Waals surface area (Å²) in [6.45, 7) is 2.03. The molecule has 0 radical (unpaired) electrons. The smallest absolute Gasteiger partial charge is 0.131 e. The third-order valence-electron chi connectivity index (χ3n) is 3.53. The molecule has 3 rings (SSSR count). The second-order valence-corrected chi connectivity index (χ2v) is 5.11. The summed E-state index contributed by atoms with van der Waals surface area (Å²) < 4.78 is 14.3. The van der Waals surface area contributed by atoms with Gasteiger partial charge in [-0.2, -0.15) is 0 Å². The van der Waals surface area contributed by atoms with E-state index in [1.807, 2.05) is 37.3 Å². The lowest BCUT2D eigenvalue weighted by atomic mass is 9.99. The topological polar surface area (TPSA) is 20.2 Å². The van der Waals surface area contributed by atoms with Crippen LogP contribution >= 0.6 is 0 Å². The van der Waals surface area contributed by atoms with Crippen LogP contribution in [0.5, 0.6) is 5.75 Å². The molecule has 0 amide bonds. The maximum absolute atomic E-state index is 14.3. The Bertz CT molecular complexity index is 759. The molecule has 0 spiro atoms. The number of benzene rings is 3. The Morgan fingerprint density at radius 2 is 1.29 bits per heavy atom. The molecule has 0 saturated carbocycles. The number of aryl methyl sites for hydroxylation is 1. The number of phenolic OH excluding ortho intramolecular Hbond substituents is 1. The Morgan fingerprint density at radius 1 is 0.714 bits per heavy atom. The Balaban J connectivity index is 1.99. The number of aromatic hydroxyl groups is 1. The van der Waals surface area contributed by atoms with Crippen LogP contribution in [-0.2, 0) is 0 Å². The minimum Gasteiger partial charge on any atom is -0.508 e. The molecule has 0 bridgehead atoms. The second-order valence-electron chi connectivity index (χ2n) is 5.11. The fraction of sp³-hybridized carbons (Fsp3) is 0.0526. The molecule has 0 aliphatic rings. The highest BCUT2D eigenvalue weighted by molar-refractivity contribution is 5.71. The average molecular weight is 278 g/mol. The number of halogens is 1. The molecule has 3 aromatic rings. The summed E-state index contributed by atoms with van der Waals surface area (Å²) in [6, 6.07) is 19.8. The van der Waals surface area contributed by atoms with Crippen LogP contribution < -0.4 is 0 Å². The summed E-state index contributed by atoms with van der Waals surface area (Å²) in [6.07, 6.45) is 0. The van der Waals surface area contributed by atoms with Crippen molar-refractivity contribution in [1.29, 1.82) is 0 Å². The van der Waals surface area contributed by atoms with Gasteiger partial charge in [-0.3, -0.25) is 0 Å². The minimum atomic E-state index is -0.265. The molecule has 0 aromatic heterocycles. The van der Waals surface area contributed by atoms with Gasteiger partial charge in [0.15, 0.2) is 0 Å². The van der Waals surface area contributed by atoms with Gasteiger partial charge < -0.3 is 5.11 Å². The third kappa shape index (κ3) is 2.79. The SMILES string of the molecule is Cc1ccc(-c2ccc(-c3ccc(O)cc3)c(F)c2)cc1. The van der Waals surface area contributed by atoms with Crippen molar-refractivity contribution in [3.8, 4) is 28.0 Å². The Hall–Kier alpha value is -2.61. The first-order valence-corrected chi connectivity index (χ1v) is 6.79. The van der Waals surface area contributed by atoms with Crippen molar-refractivity contribution in [1.82, 2.24) is 0 Å². The zero-order valence-corrected chi connectivity index (χ0v) is 11.7. The molecule has 0 aliphatic heterocycles. The van der Waals surface area contributed by atoms with Gasteiger partial charge in [-0.25, -0.2) is 4.39 Å². The molecular formula is C19H15FO. The molecule has 1 nitrogen and oxygen atoms in total. The summed E-state index contributed by atoms with van der Waals surface area (Å²) in [5, 5.41) is 9.29. The standard InChI is InChI=1S/C19H15FO/c1-13-2-4-14(5-3-13)16-8-11-18(19(20)12-16)15-6-9-17(21)10-7-15/h2-12,21H,1H3. The Morgan fingerprint density at radius 3 is 1.90 bits per heavy atom. The molecule has 0 fully saturated rings. The quantitative estimate of drug-likeness (QED) is 0.685. The molecule has 0 aliphatic carbocycles. The minimum absolute atomic E-state index is 0.176. The van der Waals surface area contributed by atoms with Crippen LogP contribution in [0.1, 0.15) is 5.56 Å². The van der Waals surface area contributed by atoms with E-state index in [-0.39, 0.29) is 11.6 Å². The summed E-state index contributed by atoms with van der Waals surface area (Å²) in [4.78, 5) is 0. The number of rotatable bonds is 2. The van der Waals surface area contributed by atoms with E-state index in [0.29, 0.717) is 5.56 Å². The van der Waals surface area contributed by atoms with E-state index in [4.69, 9.17) is 0 Å². The van der Waals surface area contributed by atoms with E-state index in [1.54, 1.807) is 36.4 Å². The lowest BCUT2D eigenvalue weighted by molar-refractivity contribution is 0.475. The number of hydrogen-bond donors (Lipinski definition) is 1. The maximum Gasteiger partial charge on any atom is 0.131 e. The van der Waals surface area contributed by atoms with Crippen LogP contribution in [0.2, 0.25) is 0 Å². The predicted octanol–water partition coefficient (Wildman–Crippen LogP) is 5.17. The van der Waals surface area contributed by atoms with Crippen molar-refractivity contribution >= 4 is 0 Å². The van der Waals surface area contributed by atoms with E-state index in [2.05, 4.69) is 0 Å². The molecule has 21 heavy (non-hydrogen) atoms. The highest BCUT2D eigenvalue weighted by atomic mass is 19.1. The zero-order chi connectivity index (χ0) is 14.8. The van der Waals surface area contributed by atoms with Gasteiger partial charge in [-0.1, -0.05) is 54.1 Å². The third-order valence-corrected chi connectivity index (χ3v) is 3.53. The van der Waals surface area contributed by atoms with Crippen molar-refractivity contribution in [2.45, 2.75) is 6.92 Å². The van der Waals surface area contributed by atoms with Crippen LogP contribution in [0, 0.1) is 12.7 Å². The fourth-order valence-electron chi connectivity index (χ4n) is 2.32. The van der Waals surface area contributed by atoms with Gasteiger partial charge in [-0.15, -0.1) is 0 Å². The van der Waals surface area contributed by atoms with Gasteiger partial charge in [0, 0.05) is 5.56 Å². The van der Waals surface area contributed by atoms with Crippen LogP contribution in [-0.4, -0.2) is 5.11 Å². The van der Waals surface area contributed by atoms with Crippen molar-refractivity contribution in [2.75, 3.05) is 0 Å². The summed E-state index contributed by atoms with van der Waals surface area (Å²) in [7, 11) is 0. The van der Waals surface area contributed by atoms with Gasteiger partial charge in [0.1, 0.15) is 11.6 Å². The van der Waals surface area contributed by atoms with Crippen LogP contribution in [0.25, 0.3) is 22.3 Å². The van der Waals surface area contributed by atoms with Crippen LogP contribution in [0.3, 0.4) is 0 Å². The molecule has 0 unspecified atom stereocenters. The number of phenols is 1. The molecule has 0 heterocycles. The van der Waals surface area contributed by atoms with E-state index in [0.717, 1.165) is 16.7 Å². The fourth-order valence-corrected chi connectivity index (χ4v) is 2.32. The Labute approximate surface area is 123 Å². The first-order valence-electron chi connectivity index (χ1n) is 6.79. The predicted molar refractivity (Wildman–Crippen MR) is 83.7 cm³/mol. The van der Waals surface area contributed by atoms with E-state index in [1.165, 1.54) is 5.56 Å². The highest BCUT2D eigenvalue weighted by Gasteiger charge is 2.07. The number of hydrogen-bond acceptors (Lipinski definition) is 1. The maximum atomic E-state index is 14.3. The lowest BCUT2D eigenvalue weighted by Crippen LogP contribution is -1.86. The van der Waals surface area contributed by atoms with Crippen molar-refractivity contribution in [3.63, 3.8) is 0 Å². The second kappa shape index (κ2) is 5.41. The molecular weight excluding hydrogens is 263 g/mol. The molecule has 3 aromatic carbocycles. The normalized spacial score (nSPS) is 10.6. The molecule has 0 saturated heterocycles. The molecule has 1 N–H and O–H groups in total. The van der Waals surface area contributed by atoms with E-state index >= 15 is 0 Å². The van der Waals surface area contributed by atoms with Gasteiger partial charge >= 0.3 is 0 Å². The van der Waals surface area contributed by atoms with Crippen molar-refractivity contribution in [2.24, 2.45) is 0 Å². The van der Waals surface area contributed by atoms with E-state index < -0.39 is 0 Å². The van der Waals surface area contributed by atoms with Gasteiger partial charge in [0.25, 0.3) is 0 Å². The van der Waals surface area contributed by atoms with Gasteiger partial charge in [-0.05, 0) is 41.8 Å². The Kier molecular flexibility index (Phi) is 3.44. The summed E-state index contributed by atoms with van der Waals surface area (Å²) in [5.41, 5.74) is 4.32. The zero-order valence-electron chi connectivity index (χ0n) is 11.7.